The molecule has 0 radical (unpaired) electrons. The Hall–Kier alpha value is -1.75. The second-order valence-corrected chi connectivity index (χ2v) is 3.67. The number of anilines is 1. The number of halogens is 1. The summed E-state index contributed by atoms with van der Waals surface area (Å²) in [5.41, 5.74) is 0.438. The monoisotopic (exact) mass is 222 g/mol. The van der Waals surface area contributed by atoms with E-state index >= 15 is 0 Å². The molecule has 0 bridgehead atoms. The van der Waals surface area contributed by atoms with Gasteiger partial charge >= 0.3 is 0 Å². The summed E-state index contributed by atoms with van der Waals surface area (Å²) in [6, 6.07) is 7.36. The first-order valence-corrected chi connectivity index (χ1v) is 5.00. The fourth-order valence-electron chi connectivity index (χ4n) is 1.09. The van der Waals surface area contributed by atoms with Crippen LogP contribution in [0.15, 0.2) is 36.5 Å². The van der Waals surface area contributed by atoms with Crippen LogP contribution in [0.3, 0.4) is 0 Å². The van der Waals surface area contributed by atoms with Crippen LogP contribution in [-0.2, 0) is 0 Å². The number of carbonyl (C=O) groups is 1. The lowest BCUT2D eigenvalue weighted by Crippen LogP contribution is -2.09. The van der Waals surface area contributed by atoms with Crippen molar-refractivity contribution in [2.24, 2.45) is 0 Å². The minimum Gasteiger partial charge on any atom is -0.321 e. The van der Waals surface area contributed by atoms with Crippen LogP contribution < -0.4 is 5.32 Å². The first kappa shape index (κ1) is 9.79. The van der Waals surface area contributed by atoms with E-state index in [1.165, 1.54) is 18.2 Å². The fraction of sp³-hybridized carbons (Fsp3) is 0. The molecule has 0 unspecified atom stereocenters. The van der Waals surface area contributed by atoms with E-state index in [4.69, 9.17) is 0 Å². The summed E-state index contributed by atoms with van der Waals surface area (Å²) >= 11 is 1.10. The largest absolute Gasteiger partial charge is 0.321 e. The molecule has 15 heavy (non-hydrogen) atoms. The Kier molecular flexibility index (Phi) is 2.73. The minimum absolute atomic E-state index is 0.275. The van der Waals surface area contributed by atoms with Gasteiger partial charge in [-0.05, 0) is 35.8 Å². The standard InChI is InChI=1S/C10H7FN2OS/c11-7-2-1-3-8(6-7)13-10(14)9-4-5-12-15-9/h1-6H,(H,13,14). The zero-order valence-electron chi connectivity index (χ0n) is 7.61. The summed E-state index contributed by atoms with van der Waals surface area (Å²) in [6.45, 7) is 0. The molecular formula is C10H7FN2OS. The third-order valence-electron chi connectivity index (χ3n) is 1.74. The second-order valence-electron chi connectivity index (χ2n) is 2.84. The molecule has 0 saturated heterocycles. The Labute approximate surface area is 89.7 Å². The zero-order valence-corrected chi connectivity index (χ0v) is 8.42. The van der Waals surface area contributed by atoms with Crippen LogP contribution in [0.4, 0.5) is 10.1 Å². The van der Waals surface area contributed by atoms with Crippen LogP contribution in [0.5, 0.6) is 0 Å². The van der Waals surface area contributed by atoms with Crippen LogP contribution in [0.2, 0.25) is 0 Å². The van der Waals surface area contributed by atoms with E-state index in [2.05, 4.69) is 9.69 Å². The van der Waals surface area contributed by atoms with Crippen LogP contribution in [-0.4, -0.2) is 10.3 Å². The van der Waals surface area contributed by atoms with Crippen molar-refractivity contribution in [3.8, 4) is 0 Å². The van der Waals surface area contributed by atoms with Gasteiger partial charge in [-0.2, -0.15) is 0 Å². The molecule has 0 spiro atoms. The minimum atomic E-state index is -0.378. The molecule has 3 nitrogen and oxygen atoms in total. The quantitative estimate of drug-likeness (QED) is 0.848. The van der Waals surface area contributed by atoms with Crippen LogP contribution in [0, 0.1) is 5.82 Å². The highest BCUT2D eigenvalue weighted by atomic mass is 32.1. The first-order valence-electron chi connectivity index (χ1n) is 4.23. The topological polar surface area (TPSA) is 42.0 Å². The molecule has 5 heteroatoms. The number of amides is 1. The zero-order chi connectivity index (χ0) is 10.7. The van der Waals surface area contributed by atoms with Crippen molar-refractivity contribution in [2.45, 2.75) is 0 Å². The Bertz CT molecular complexity index is 470. The van der Waals surface area contributed by atoms with E-state index in [-0.39, 0.29) is 11.7 Å². The fourth-order valence-corrected chi connectivity index (χ4v) is 1.58. The third kappa shape index (κ3) is 2.38. The molecule has 76 valence electrons. The summed E-state index contributed by atoms with van der Waals surface area (Å²) in [5.74, 6) is -0.653. The number of hydrogen-bond acceptors (Lipinski definition) is 3. The lowest BCUT2D eigenvalue weighted by molar-refractivity contribution is 0.103. The van der Waals surface area contributed by atoms with Gasteiger partial charge in [0.05, 0.1) is 0 Å². The van der Waals surface area contributed by atoms with Crippen molar-refractivity contribution in [3.63, 3.8) is 0 Å². The summed E-state index contributed by atoms with van der Waals surface area (Å²) in [5, 5.41) is 2.58. The number of carbonyl (C=O) groups excluding carboxylic acids is 1. The van der Waals surface area contributed by atoms with Crippen molar-refractivity contribution in [3.05, 3.63) is 47.2 Å². The summed E-state index contributed by atoms with van der Waals surface area (Å²) in [6.07, 6.45) is 1.55. The molecule has 1 amide bonds. The molecule has 0 aliphatic rings. The Morgan fingerprint density at radius 2 is 2.27 bits per heavy atom. The van der Waals surface area contributed by atoms with E-state index in [1.54, 1.807) is 18.3 Å². The molecule has 0 saturated carbocycles. The molecule has 0 atom stereocenters. The molecule has 0 aliphatic carbocycles. The van der Waals surface area contributed by atoms with Crippen molar-refractivity contribution in [1.29, 1.82) is 0 Å². The van der Waals surface area contributed by atoms with Crippen LogP contribution in [0.1, 0.15) is 9.67 Å². The predicted octanol–water partition coefficient (Wildman–Crippen LogP) is 2.53. The van der Waals surface area contributed by atoms with Gasteiger partial charge in [0, 0.05) is 11.9 Å². The maximum atomic E-state index is 12.8. The van der Waals surface area contributed by atoms with Gasteiger partial charge in [0.2, 0.25) is 0 Å². The molecule has 1 heterocycles. The van der Waals surface area contributed by atoms with Gasteiger partial charge in [0.25, 0.3) is 5.91 Å². The lowest BCUT2D eigenvalue weighted by atomic mass is 10.3. The third-order valence-corrected chi connectivity index (χ3v) is 2.49. The van der Waals surface area contributed by atoms with E-state index in [0.717, 1.165) is 11.5 Å². The molecule has 0 aliphatic heterocycles. The van der Waals surface area contributed by atoms with Gasteiger partial charge in [-0.3, -0.25) is 4.79 Å². The van der Waals surface area contributed by atoms with E-state index in [0.29, 0.717) is 10.6 Å². The first-order chi connectivity index (χ1) is 7.25. The molecule has 1 aromatic heterocycles. The molecule has 2 aromatic rings. The number of nitrogens with zero attached hydrogens (tertiary/aromatic N) is 1. The number of nitrogens with one attached hydrogen (secondary N) is 1. The average Bonchev–Trinajstić information content (AvgIpc) is 2.70. The van der Waals surface area contributed by atoms with E-state index < -0.39 is 0 Å². The highest BCUT2D eigenvalue weighted by Crippen LogP contribution is 2.12. The van der Waals surface area contributed by atoms with Crippen molar-refractivity contribution >= 4 is 23.1 Å². The van der Waals surface area contributed by atoms with Crippen LogP contribution in [0.25, 0.3) is 0 Å². The second kappa shape index (κ2) is 4.18. The molecule has 1 N–H and O–H groups in total. The van der Waals surface area contributed by atoms with Gasteiger partial charge < -0.3 is 5.32 Å². The molecular weight excluding hydrogens is 215 g/mol. The Balaban J connectivity index is 2.13. The highest BCUT2D eigenvalue weighted by molar-refractivity contribution is 7.08. The maximum Gasteiger partial charge on any atom is 0.267 e. The summed E-state index contributed by atoms with van der Waals surface area (Å²) in [4.78, 5) is 12.0. The number of hydrogen-bond donors (Lipinski definition) is 1. The van der Waals surface area contributed by atoms with Gasteiger partial charge in [-0.1, -0.05) is 6.07 Å². The SMILES string of the molecule is O=C(Nc1cccc(F)c1)c1ccns1. The number of aromatic nitrogens is 1. The smallest absolute Gasteiger partial charge is 0.267 e. The van der Waals surface area contributed by atoms with Gasteiger partial charge in [-0.25, -0.2) is 8.76 Å². The highest BCUT2D eigenvalue weighted by Gasteiger charge is 2.07. The van der Waals surface area contributed by atoms with Gasteiger partial charge in [0.15, 0.2) is 0 Å². The molecule has 0 fully saturated rings. The van der Waals surface area contributed by atoms with Gasteiger partial charge in [-0.15, -0.1) is 0 Å². The van der Waals surface area contributed by atoms with Gasteiger partial charge in [0.1, 0.15) is 10.7 Å². The summed E-state index contributed by atoms with van der Waals surface area (Å²) < 4.78 is 16.6. The van der Waals surface area contributed by atoms with E-state index in [9.17, 15) is 9.18 Å². The normalized spacial score (nSPS) is 9.93. The van der Waals surface area contributed by atoms with Crippen LogP contribution >= 0.6 is 11.5 Å². The van der Waals surface area contributed by atoms with E-state index in [1.807, 2.05) is 0 Å². The van der Waals surface area contributed by atoms with Crippen molar-refractivity contribution < 1.29 is 9.18 Å². The molecule has 1 aromatic carbocycles. The molecule has 2 rings (SSSR count). The summed E-state index contributed by atoms with van der Waals surface area (Å²) in [7, 11) is 0. The number of benzene rings is 1. The van der Waals surface area contributed by atoms with Crippen molar-refractivity contribution in [2.75, 3.05) is 5.32 Å². The maximum absolute atomic E-state index is 12.8. The Morgan fingerprint density at radius 1 is 1.40 bits per heavy atom. The average molecular weight is 222 g/mol. The Morgan fingerprint density at radius 3 is 2.93 bits per heavy atom. The number of rotatable bonds is 2. The predicted molar refractivity (Wildman–Crippen MR) is 56.5 cm³/mol. The van der Waals surface area contributed by atoms with Crippen molar-refractivity contribution in [1.82, 2.24) is 4.37 Å². The lowest BCUT2D eigenvalue weighted by Gasteiger charge is -2.02.